The molecule has 1 N–H and O–H groups in total. The first-order valence-corrected chi connectivity index (χ1v) is 11.2. The van der Waals surface area contributed by atoms with Crippen molar-refractivity contribution in [3.63, 3.8) is 0 Å². The number of hydrogen-bond donors (Lipinski definition) is 1. The van der Waals surface area contributed by atoms with Gasteiger partial charge in [0.25, 0.3) is 5.91 Å². The second-order valence-electron chi connectivity index (χ2n) is 7.90. The van der Waals surface area contributed by atoms with E-state index in [1.54, 1.807) is 0 Å². The molecule has 2 amide bonds. The van der Waals surface area contributed by atoms with Crippen molar-refractivity contribution in [2.75, 3.05) is 19.6 Å². The highest BCUT2D eigenvalue weighted by atomic mass is 32.1. The van der Waals surface area contributed by atoms with Crippen LogP contribution >= 0.6 is 11.3 Å². The molecule has 0 bridgehead atoms. The van der Waals surface area contributed by atoms with Crippen molar-refractivity contribution in [3.8, 4) is 0 Å². The van der Waals surface area contributed by atoms with Crippen molar-refractivity contribution in [1.82, 2.24) is 19.8 Å². The van der Waals surface area contributed by atoms with E-state index in [4.69, 9.17) is 4.98 Å². The molecule has 2 aliphatic rings. The molecular formula is C22H24N4O2S. The maximum absolute atomic E-state index is 13.4. The van der Waals surface area contributed by atoms with Gasteiger partial charge in [-0.1, -0.05) is 18.2 Å². The van der Waals surface area contributed by atoms with Gasteiger partial charge in [0.2, 0.25) is 5.91 Å². The lowest BCUT2D eigenvalue weighted by molar-refractivity contribution is -0.138. The summed E-state index contributed by atoms with van der Waals surface area (Å²) in [4.78, 5) is 38.9. The Morgan fingerprint density at radius 1 is 1.07 bits per heavy atom. The summed E-state index contributed by atoms with van der Waals surface area (Å²) in [6.45, 7) is 2.00. The molecule has 0 aliphatic carbocycles. The number of carbonyl (C=O) groups is 2. The molecule has 3 aromatic rings. The van der Waals surface area contributed by atoms with Crippen molar-refractivity contribution in [2.45, 2.75) is 31.7 Å². The summed E-state index contributed by atoms with van der Waals surface area (Å²) in [5.41, 5.74) is 1.94. The van der Waals surface area contributed by atoms with Gasteiger partial charge in [0.1, 0.15) is 5.82 Å². The number of hydrogen-bond acceptors (Lipinski definition) is 4. The summed E-state index contributed by atoms with van der Waals surface area (Å²) in [7, 11) is 0. The number of benzene rings is 1. The number of piperidine rings is 1. The van der Waals surface area contributed by atoms with Gasteiger partial charge in [0, 0.05) is 19.6 Å². The number of likely N-dealkylation sites (tertiary alicyclic amines) is 2. The van der Waals surface area contributed by atoms with Crippen LogP contribution < -0.4 is 0 Å². The lowest BCUT2D eigenvalue weighted by Crippen LogP contribution is -2.46. The highest BCUT2D eigenvalue weighted by Crippen LogP contribution is 2.34. The second kappa shape index (κ2) is 7.63. The van der Waals surface area contributed by atoms with E-state index in [1.807, 2.05) is 51.6 Å². The van der Waals surface area contributed by atoms with Gasteiger partial charge < -0.3 is 14.8 Å². The molecule has 1 aromatic carbocycles. The minimum Gasteiger partial charge on any atom is -0.340 e. The molecule has 5 rings (SSSR count). The zero-order valence-electron chi connectivity index (χ0n) is 16.2. The van der Waals surface area contributed by atoms with Crippen LogP contribution in [0.1, 0.15) is 47.2 Å². The van der Waals surface area contributed by atoms with E-state index >= 15 is 0 Å². The van der Waals surface area contributed by atoms with Crippen LogP contribution in [0.3, 0.4) is 0 Å². The molecule has 2 unspecified atom stereocenters. The van der Waals surface area contributed by atoms with E-state index in [-0.39, 0.29) is 23.8 Å². The summed E-state index contributed by atoms with van der Waals surface area (Å²) in [5.74, 6) is 0.960. The van der Waals surface area contributed by atoms with E-state index in [0.717, 1.165) is 60.5 Å². The van der Waals surface area contributed by atoms with E-state index in [9.17, 15) is 9.59 Å². The van der Waals surface area contributed by atoms with Crippen LogP contribution in [0.15, 0.2) is 41.8 Å². The first-order valence-electron chi connectivity index (χ1n) is 10.3. The molecule has 0 saturated carbocycles. The number of aromatic amines is 1. The summed E-state index contributed by atoms with van der Waals surface area (Å²) >= 11 is 1.46. The molecule has 4 heterocycles. The number of thiophene rings is 1. The fourth-order valence-electron chi connectivity index (χ4n) is 4.60. The third kappa shape index (κ3) is 3.44. The van der Waals surface area contributed by atoms with Gasteiger partial charge in [0.05, 0.1) is 27.9 Å². The molecule has 0 spiro atoms. The third-order valence-corrected chi connectivity index (χ3v) is 6.91. The van der Waals surface area contributed by atoms with Crippen LogP contribution in [0.4, 0.5) is 0 Å². The molecule has 2 saturated heterocycles. The highest BCUT2D eigenvalue weighted by molar-refractivity contribution is 7.12. The van der Waals surface area contributed by atoms with E-state index in [1.165, 1.54) is 11.3 Å². The standard InChI is InChI=1S/C22H24N4O2S/c27-21(15-6-3-11-25(14-15)22(28)19-10-5-13-29-19)26-12-4-9-18(26)20-23-16-7-1-2-8-17(16)24-20/h1-2,5,7-8,10,13,15,18H,3-4,6,9,11-12,14H2,(H,23,24). The van der Waals surface area contributed by atoms with Crippen LogP contribution in [0.25, 0.3) is 11.0 Å². The minimum atomic E-state index is -0.127. The van der Waals surface area contributed by atoms with Gasteiger partial charge in [-0.2, -0.15) is 0 Å². The van der Waals surface area contributed by atoms with Gasteiger partial charge >= 0.3 is 0 Å². The Hall–Kier alpha value is -2.67. The van der Waals surface area contributed by atoms with Crippen LogP contribution in [-0.4, -0.2) is 51.2 Å². The second-order valence-corrected chi connectivity index (χ2v) is 8.84. The van der Waals surface area contributed by atoms with Crippen LogP contribution in [0.2, 0.25) is 0 Å². The van der Waals surface area contributed by atoms with Gasteiger partial charge in [-0.05, 0) is 49.3 Å². The molecule has 2 atom stereocenters. The Bertz CT molecular complexity index is 996. The maximum Gasteiger partial charge on any atom is 0.263 e. The number of para-hydroxylation sites is 2. The largest absolute Gasteiger partial charge is 0.340 e. The summed E-state index contributed by atoms with van der Waals surface area (Å²) in [5, 5.41) is 1.92. The number of amides is 2. The number of nitrogens with one attached hydrogen (secondary N) is 1. The zero-order valence-corrected chi connectivity index (χ0v) is 17.0. The number of fused-ring (bicyclic) bond motifs is 1. The fourth-order valence-corrected chi connectivity index (χ4v) is 5.29. The molecular weight excluding hydrogens is 384 g/mol. The van der Waals surface area contributed by atoms with Crippen molar-refractivity contribution in [1.29, 1.82) is 0 Å². The molecule has 150 valence electrons. The first-order chi connectivity index (χ1) is 14.2. The predicted molar refractivity (Wildman–Crippen MR) is 113 cm³/mol. The average molecular weight is 409 g/mol. The third-order valence-electron chi connectivity index (χ3n) is 6.05. The van der Waals surface area contributed by atoms with Gasteiger partial charge in [-0.3, -0.25) is 9.59 Å². The van der Waals surface area contributed by atoms with Crippen molar-refractivity contribution < 1.29 is 9.59 Å². The topological polar surface area (TPSA) is 69.3 Å². The fraction of sp³-hybridized carbons (Fsp3) is 0.409. The smallest absolute Gasteiger partial charge is 0.263 e. The van der Waals surface area contributed by atoms with Gasteiger partial charge in [-0.25, -0.2) is 4.98 Å². The normalized spacial score (nSPS) is 22.3. The first kappa shape index (κ1) is 18.4. The lowest BCUT2D eigenvalue weighted by atomic mass is 9.96. The summed E-state index contributed by atoms with van der Waals surface area (Å²) < 4.78 is 0. The monoisotopic (exact) mass is 408 g/mol. The zero-order chi connectivity index (χ0) is 19.8. The average Bonchev–Trinajstić information content (AvgIpc) is 3.52. The summed E-state index contributed by atoms with van der Waals surface area (Å²) in [6, 6.07) is 11.7. The Balaban J connectivity index is 1.33. The quantitative estimate of drug-likeness (QED) is 0.716. The molecule has 0 radical (unpaired) electrons. The van der Waals surface area contributed by atoms with E-state index in [0.29, 0.717) is 6.54 Å². The number of nitrogens with zero attached hydrogens (tertiary/aromatic N) is 3. The van der Waals surface area contributed by atoms with E-state index < -0.39 is 0 Å². The maximum atomic E-state index is 13.4. The Morgan fingerprint density at radius 2 is 1.93 bits per heavy atom. The Kier molecular flexibility index (Phi) is 4.83. The predicted octanol–water partition coefficient (Wildman–Crippen LogP) is 3.84. The number of H-pyrrole nitrogens is 1. The summed E-state index contributed by atoms with van der Waals surface area (Å²) in [6.07, 6.45) is 3.63. The van der Waals surface area contributed by atoms with Crippen molar-refractivity contribution >= 4 is 34.2 Å². The number of imidazole rings is 1. The van der Waals surface area contributed by atoms with Crippen LogP contribution in [-0.2, 0) is 4.79 Å². The highest BCUT2D eigenvalue weighted by Gasteiger charge is 2.38. The van der Waals surface area contributed by atoms with Crippen LogP contribution in [0.5, 0.6) is 0 Å². The van der Waals surface area contributed by atoms with Gasteiger partial charge in [0.15, 0.2) is 0 Å². The molecule has 6 nitrogen and oxygen atoms in total. The van der Waals surface area contributed by atoms with Crippen molar-refractivity contribution in [3.05, 3.63) is 52.5 Å². The molecule has 2 aromatic heterocycles. The SMILES string of the molecule is O=C(c1cccs1)N1CCCC(C(=O)N2CCCC2c2nc3ccccc3[nH]2)C1. The number of rotatable bonds is 3. The van der Waals surface area contributed by atoms with Gasteiger partial charge in [-0.15, -0.1) is 11.3 Å². The van der Waals surface area contributed by atoms with Crippen LogP contribution in [0, 0.1) is 5.92 Å². The molecule has 7 heteroatoms. The Labute approximate surface area is 173 Å². The lowest BCUT2D eigenvalue weighted by Gasteiger charge is -2.35. The molecule has 29 heavy (non-hydrogen) atoms. The van der Waals surface area contributed by atoms with Crippen molar-refractivity contribution in [2.24, 2.45) is 5.92 Å². The van der Waals surface area contributed by atoms with E-state index in [2.05, 4.69) is 4.98 Å². The molecule has 2 fully saturated rings. The number of aromatic nitrogens is 2. The Morgan fingerprint density at radius 3 is 2.76 bits per heavy atom. The molecule has 2 aliphatic heterocycles. The number of carbonyl (C=O) groups excluding carboxylic acids is 2. The minimum absolute atomic E-state index is 0.00160.